The summed E-state index contributed by atoms with van der Waals surface area (Å²) in [4.78, 5) is 0.326. The lowest BCUT2D eigenvalue weighted by molar-refractivity contribution is 0.870. The summed E-state index contributed by atoms with van der Waals surface area (Å²) < 4.78 is 0. The molecule has 1 heterocycles. The van der Waals surface area contributed by atoms with E-state index in [1.807, 2.05) is 18.2 Å². The average molecular weight is 283 g/mol. The molecule has 1 aromatic heterocycles. The number of hydrogen-bond acceptors (Lipinski definition) is 3. The van der Waals surface area contributed by atoms with Gasteiger partial charge in [-0.1, -0.05) is 64.5 Å². The van der Waals surface area contributed by atoms with Crippen molar-refractivity contribution in [2.24, 2.45) is 0 Å². The van der Waals surface area contributed by atoms with Crippen molar-refractivity contribution in [2.75, 3.05) is 0 Å². The lowest BCUT2D eigenvalue weighted by atomic mass is 10.2. The van der Waals surface area contributed by atoms with Crippen molar-refractivity contribution in [3.63, 3.8) is 0 Å². The van der Waals surface area contributed by atoms with Crippen LogP contribution in [0.4, 0.5) is 0 Å². The van der Waals surface area contributed by atoms with E-state index < -0.39 is 0 Å². The quantitative estimate of drug-likeness (QED) is 0.794. The Morgan fingerprint density at radius 3 is 2.67 bits per heavy atom. The van der Waals surface area contributed by atoms with Crippen LogP contribution in [0, 0.1) is 0 Å². The van der Waals surface area contributed by atoms with Gasteiger partial charge in [0, 0.05) is 5.56 Å². The van der Waals surface area contributed by atoms with Crippen molar-refractivity contribution < 1.29 is 0 Å². The van der Waals surface area contributed by atoms with Crippen LogP contribution in [0.2, 0.25) is 0 Å². The molecule has 0 saturated heterocycles. The van der Waals surface area contributed by atoms with E-state index in [-0.39, 0.29) is 0 Å². The van der Waals surface area contributed by atoms with Crippen LogP contribution in [0.1, 0.15) is 23.2 Å². The molecule has 0 aliphatic rings. The molecule has 1 aromatic carbocycles. The number of halogens is 1. The maximum atomic E-state index is 4.19. The highest BCUT2D eigenvalue weighted by Gasteiger charge is 2.12. The molecule has 1 atom stereocenters. The maximum Gasteiger partial charge on any atom is 0.147 e. The Morgan fingerprint density at radius 1 is 1.27 bits per heavy atom. The van der Waals surface area contributed by atoms with Crippen molar-refractivity contribution >= 4 is 27.3 Å². The zero-order chi connectivity index (χ0) is 10.7. The molecule has 0 aliphatic heterocycles. The summed E-state index contributed by atoms with van der Waals surface area (Å²) in [6.45, 7) is 2.13. The molecule has 0 saturated carbocycles. The smallest absolute Gasteiger partial charge is 0.142 e. The van der Waals surface area contributed by atoms with Gasteiger partial charge in [-0.3, -0.25) is 0 Å². The second-order valence-corrected chi connectivity index (χ2v) is 5.30. The molecular weight excluding hydrogens is 272 g/mol. The second-order valence-electron chi connectivity index (χ2n) is 3.19. The average Bonchev–Trinajstić information content (AvgIpc) is 2.78. The molecule has 4 heteroatoms. The first-order valence-corrected chi connectivity index (χ1v) is 6.57. The molecule has 2 nitrogen and oxygen atoms in total. The van der Waals surface area contributed by atoms with Gasteiger partial charge in [0.05, 0.1) is 4.83 Å². The van der Waals surface area contributed by atoms with Gasteiger partial charge in [0.1, 0.15) is 10.0 Å². The topological polar surface area (TPSA) is 25.8 Å². The van der Waals surface area contributed by atoms with Crippen molar-refractivity contribution in [1.29, 1.82) is 0 Å². The predicted molar refractivity (Wildman–Crippen MR) is 67.3 cm³/mol. The van der Waals surface area contributed by atoms with Crippen LogP contribution < -0.4 is 0 Å². The van der Waals surface area contributed by atoms with Gasteiger partial charge in [0.2, 0.25) is 0 Å². The first-order valence-electron chi connectivity index (χ1n) is 4.84. The minimum atomic E-state index is 0.326. The van der Waals surface area contributed by atoms with Crippen LogP contribution in [-0.2, 0) is 0 Å². The Bertz CT molecular complexity index is 427. The standard InChI is InChI=1S/C11H11BrN2S/c1-2-9(12)11-14-13-10(15-11)8-6-4-3-5-7-8/h3-7,9H,2H2,1H3. The maximum absolute atomic E-state index is 4.19. The van der Waals surface area contributed by atoms with Gasteiger partial charge in [0.25, 0.3) is 0 Å². The fourth-order valence-electron chi connectivity index (χ4n) is 1.23. The highest BCUT2D eigenvalue weighted by Crippen LogP contribution is 2.32. The zero-order valence-electron chi connectivity index (χ0n) is 8.35. The summed E-state index contributed by atoms with van der Waals surface area (Å²) in [5.74, 6) is 0. The summed E-state index contributed by atoms with van der Waals surface area (Å²) in [5, 5.41) is 10.4. The SMILES string of the molecule is CCC(Br)c1nnc(-c2ccccc2)s1. The first kappa shape index (κ1) is 10.8. The summed E-state index contributed by atoms with van der Waals surface area (Å²) in [5.41, 5.74) is 1.14. The minimum Gasteiger partial charge on any atom is -0.142 e. The molecule has 2 rings (SSSR count). The van der Waals surface area contributed by atoms with Crippen molar-refractivity contribution in [3.05, 3.63) is 35.3 Å². The Morgan fingerprint density at radius 2 is 2.00 bits per heavy atom. The molecule has 0 N–H and O–H groups in total. The Balaban J connectivity index is 2.28. The molecule has 0 radical (unpaired) electrons. The monoisotopic (exact) mass is 282 g/mol. The van der Waals surface area contributed by atoms with Crippen molar-refractivity contribution in [1.82, 2.24) is 10.2 Å². The first-order chi connectivity index (χ1) is 7.31. The van der Waals surface area contributed by atoms with Crippen LogP contribution in [0.5, 0.6) is 0 Å². The molecule has 0 bridgehead atoms. The van der Waals surface area contributed by atoms with E-state index in [1.165, 1.54) is 0 Å². The molecule has 0 amide bonds. The molecule has 78 valence electrons. The third-order valence-corrected chi connectivity index (χ3v) is 4.56. The van der Waals surface area contributed by atoms with Crippen molar-refractivity contribution in [2.45, 2.75) is 18.2 Å². The Hall–Kier alpha value is -0.740. The van der Waals surface area contributed by atoms with Gasteiger partial charge in [-0.2, -0.15) is 0 Å². The molecule has 1 unspecified atom stereocenters. The van der Waals surface area contributed by atoms with E-state index in [0.717, 1.165) is 22.0 Å². The third-order valence-electron chi connectivity index (χ3n) is 2.09. The van der Waals surface area contributed by atoms with Crippen LogP contribution >= 0.6 is 27.3 Å². The number of hydrogen-bond donors (Lipinski definition) is 0. The van der Waals surface area contributed by atoms with Crippen LogP contribution in [-0.4, -0.2) is 10.2 Å². The molecular formula is C11H11BrN2S. The van der Waals surface area contributed by atoms with E-state index in [9.17, 15) is 0 Å². The minimum absolute atomic E-state index is 0.326. The number of benzene rings is 1. The zero-order valence-corrected chi connectivity index (χ0v) is 10.8. The number of rotatable bonds is 3. The predicted octanol–water partition coefficient (Wildman–Crippen LogP) is 4.05. The van der Waals surface area contributed by atoms with E-state index in [4.69, 9.17) is 0 Å². The summed E-state index contributed by atoms with van der Waals surface area (Å²) in [6, 6.07) is 10.1. The fraction of sp³-hybridized carbons (Fsp3) is 0.273. The third kappa shape index (κ3) is 2.44. The largest absolute Gasteiger partial charge is 0.147 e. The second kappa shape index (κ2) is 4.86. The summed E-state index contributed by atoms with van der Waals surface area (Å²) in [6.07, 6.45) is 1.03. The molecule has 2 aromatic rings. The van der Waals surface area contributed by atoms with Gasteiger partial charge in [-0.05, 0) is 6.42 Å². The van der Waals surface area contributed by atoms with Gasteiger partial charge in [-0.25, -0.2) is 0 Å². The summed E-state index contributed by atoms with van der Waals surface area (Å²) >= 11 is 5.23. The Kier molecular flexibility index (Phi) is 3.49. The number of alkyl halides is 1. The van der Waals surface area contributed by atoms with Crippen molar-refractivity contribution in [3.8, 4) is 10.6 Å². The lowest BCUT2D eigenvalue weighted by Gasteiger charge is -1.98. The normalized spacial score (nSPS) is 12.7. The molecule has 0 aliphatic carbocycles. The molecule has 0 fully saturated rings. The van der Waals surface area contributed by atoms with Gasteiger partial charge in [-0.15, -0.1) is 10.2 Å². The molecule has 0 spiro atoms. The van der Waals surface area contributed by atoms with Crippen LogP contribution in [0.25, 0.3) is 10.6 Å². The molecule has 15 heavy (non-hydrogen) atoms. The highest BCUT2D eigenvalue weighted by atomic mass is 79.9. The van der Waals surface area contributed by atoms with E-state index in [1.54, 1.807) is 11.3 Å². The van der Waals surface area contributed by atoms with Crippen LogP contribution in [0.3, 0.4) is 0 Å². The van der Waals surface area contributed by atoms with Gasteiger partial charge >= 0.3 is 0 Å². The van der Waals surface area contributed by atoms with E-state index >= 15 is 0 Å². The Labute approximate surface area is 101 Å². The lowest BCUT2D eigenvalue weighted by Crippen LogP contribution is -1.84. The fourth-order valence-corrected chi connectivity index (χ4v) is 2.51. The van der Waals surface area contributed by atoms with Gasteiger partial charge < -0.3 is 0 Å². The van der Waals surface area contributed by atoms with E-state index in [2.05, 4.69) is 45.2 Å². The number of aromatic nitrogens is 2. The van der Waals surface area contributed by atoms with Crippen LogP contribution in [0.15, 0.2) is 30.3 Å². The van der Waals surface area contributed by atoms with Gasteiger partial charge in [0.15, 0.2) is 0 Å². The summed E-state index contributed by atoms with van der Waals surface area (Å²) in [7, 11) is 0. The van der Waals surface area contributed by atoms with E-state index in [0.29, 0.717) is 4.83 Å². The number of nitrogens with zero attached hydrogens (tertiary/aromatic N) is 2. The highest BCUT2D eigenvalue weighted by molar-refractivity contribution is 9.09.